The van der Waals surface area contributed by atoms with Crippen LogP contribution in [-0.2, 0) is 6.42 Å². The highest BCUT2D eigenvalue weighted by Gasteiger charge is 2.40. The van der Waals surface area contributed by atoms with Crippen LogP contribution in [0.1, 0.15) is 27.2 Å². The van der Waals surface area contributed by atoms with Crippen LogP contribution in [0.5, 0.6) is 0 Å². The fourth-order valence-electron chi connectivity index (χ4n) is 3.77. The number of nitrogens with one attached hydrogen (secondary N) is 1. The lowest BCUT2D eigenvalue weighted by Crippen LogP contribution is -2.51. The molecule has 0 bridgehead atoms. The molecule has 9 heteroatoms. The number of aliphatic hydroxyl groups is 1. The van der Waals surface area contributed by atoms with Crippen molar-refractivity contribution < 1.29 is 23.1 Å². The van der Waals surface area contributed by atoms with Gasteiger partial charge in [0.15, 0.2) is 0 Å². The van der Waals surface area contributed by atoms with Crippen molar-refractivity contribution in [2.45, 2.75) is 18.4 Å². The number of alkyl halides is 2. The molecule has 35 heavy (non-hydrogen) atoms. The highest BCUT2D eigenvalue weighted by Crippen LogP contribution is 2.29. The Morgan fingerprint density at radius 3 is 2.57 bits per heavy atom. The minimum atomic E-state index is -3.59. The maximum Gasteiger partial charge on any atom is 0.290 e. The third-order valence-corrected chi connectivity index (χ3v) is 5.94. The van der Waals surface area contributed by atoms with Gasteiger partial charge in [-0.2, -0.15) is 0 Å². The first-order valence-electron chi connectivity index (χ1n) is 10.8. The van der Waals surface area contributed by atoms with Crippen molar-refractivity contribution in [3.05, 3.63) is 106 Å². The van der Waals surface area contributed by atoms with Crippen LogP contribution in [0.15, 0.2) is 77.9 Å². The standard InChI is InChI=1S/C26H21ClF3N3O2/c27-21-6-3-5-20(24(21)22-12-17(14-32-22)16-7-9-18(28)10-8-16)25(35)33-23(26(29,30)15-34)13-19-4-1-2-11-31-19/h1-12,23,34H,13-15H2,(H,33,35)/t23-/m1/s1. The van der Waals surface area contributed by atoms with Gasteiger partial charge < -0.3 is 10.4 Å². The van der Waals surface area contributed by atoms with Gasteiger partial charge in [-0.25, -0.2) is 13.2 Å². The van der Waals surface area contributed by atoms with Crippen molar-refractivity contribution in [2.24, 2.45) is 4.99 Å². The molecule has 0 saturated heterocycles. The molecule has 5 nitrogen and oxygen atoms in total. The molecule has 0 fully saturated rings. The molecule has 3 aromatic rings. The number of aliphatic hydroxyl groups excluding tert-OH is 1. The number of hydrogen-bond donors (Lipinski definition) is 2. The predicted molar refractivity (Wildman–Crippen MR) is 128 cm³/mol. The summed E-state index contributed by atoms with van der Waals surface area (Å²) in [7, 11) is 0. The summed E-state index contributed by atoms with van der Waals surface area (Å²) in [5.74, 6) is -4.74. The zero-order valence-electron chi connectivity index (χ0n) is 18.4. The van der Waals surface area contributed by atoms with Gasteiger partial charge >= 0.3 is 0 Å². The van der Waals surface area contributed by atoms with Crippen LogP contribution in [0.25, 0.3) is 5.57 Å². The normalized spacial score (nSPS) is 14.3. The first-order valence-corrected chi connectivity index (χ1v) is 11.2. The molecule has 1 aliphatic heterocycles. The molecule has 1 aliphatic rings. The first-order chi connectivity index (χ1) is 16.8. The SMILES string of the molecule is O=C(N[C@H](Cc1ccccn1)C(F)(F)CO)c1cccc(Cl)c1C1=NCC(c2ccc(F)cc2)=C1. The van der Waals surface area contributed by atoms with Crippen molar-refractivity contribution in [2.75, 3.05) is 13.2 Å². The van der Waals surface area contributed by atoms with Crippen molar-refractivity contribution in [1.29, 1.82) is 0 Å². The van der Waals surface area contributed by atoms with Crippen LogP contribution in [0.3, 0.4) is 0 Å². The summed E-state index contributed by atoms with van der Waals surface area (Å²) in [6.45, 7) is -1.15. The molecule has 1 aromatic heterocycles. The van der Waals surface area contributed by atoms with E-state index in [4.69, 9.17) is 11.6 Å². The van der Waals surface area contributed by atoms with Gasteiger partial charge in [0.25, 0.3) is 11.8 Å². The lowest BCUT2D eigenvalue weighted by molar-refractivity contribution is -0.0771. The molecule has 2 heterocycles. The van der Waals surface area contributed by atoms with Gasteiger partial charge in [-0.3, -0.25) is 14.8 Å². The van der Waals surface area contributed by atoms with Crippen LogP contribution in [0, 0.1) is 5.82 Å². The summed E-state index contributed by atoms with van der Waals surface area (Å²) in [6, 6.07) is 13.7. The highest BCUT2D eigenvalue weighted by atomic mass is 35.5. The number of hydrogen-bond acceptors (Lipinski definition) is 4. The van der Waals surface area contributed by atoms with Crippen LogP contribution < -0.4 is 5.32 Å². The molecular formula is C26H21ClF3N3O2. The average molecular weight is 500 g/mol. The fraction of sp³-hybridized carbons (Fsp3) is 0.192. The number of pyridine rings is 1. The summed E-state index contributed by atoms with van der Waals surface area (Å²) in [6.07, 6.45) is 2.91. The maximum atomic E-state index is 14.5. The van der Waals surface area contributed by atoms with Gasteiger partial charge in [0.05, 0.1) is 22.8 Å². The minimum Gasteiger partial charge on any atom is -0.390 e. The Hall–Kier alpha value is -3.49. The second-order valence-electron chi connectivity index (χ2n) is 8.01. The molecule has 4 rings (SSSR count). The summed E-state index contributed by atoms with van der Waals surface area (Å²) >= 11 is 6.41. The summed E-state index contributed by atoms with van der Waals surface area (Å²) < 4.78 is 42.4. The Balaban J connectivity index is 1.63. The van der Waals surface area contributed by atoms with E-state index < -0.39 is 24.5 Å². The minimum absolute atomic E-state index is 0.0626. The molecule has 0 saturated carbocycles. The number of halogens is 4. The number of rotatable bonds is 8. The third kappa shape index (κ3) is 5.61. The first kappa shape index (κ1) is 24.6. The van der Waals surface area contributed by atoms with E-state index in [0.717, 1.165) is 11.1 Å². The number of amides is 1. The smallest absolute Gasteiger partial charge is 0.290 e. The van der Waals surface area contributed by atoms with Crippen molar-refractivity contribution in [3.63, 3.8) is 0 Å². The molecule has 2 N–H and O–H groups in total. The molecule has 180 valence electrons. The van der Waals surface area contributed by atoms with Crippen LogP contribution >= 0.6 is 11.6 Å². The van der Waals surface area contributed by atoms with Gasteiger partial charge in [0.1, 0.15) is 18.5 Å². The Morgan fingerprint density at radius 1 is 1.11 bits per heavy atom. The molecule has 0 aliphatic carbocycles. The summed E-state index contributed by atoms with van der Waals surface area (Å²) in [4.78, 5) is 21.7. The van der Waals surface area contributed by atoms with E-state index in [1.165, 1.54) is 24.4 Å². The van der Waals surface area contributed by atoms with Crippen LogP contribution in [-0.4, -0.2) is 46.8 Å². The lowest BCUT2D eigenvalue weighted by Gasteiger charge is -2.26. The lowest BCUT2D eigenvalue weighted by atomic mass is 9.98. The largest absolute Gasteiger partial charge is 0.390 e. The fourth-order valence-corrected chi connectivity index (χ4v) is 4.04. The van der Waals surface area contributed by atoms with E-state index in [1.54, 1.807) is 48.5 Å². The molecule has 1 amide bonds. The van der Waals surface area contributed by atoms with E-state index in [-0.39, 0.29) is 29.4 Å². The number of carbonyl (C=O) groups excluding carboxylic acids is 1. The number of nitrogens with zero attached hydrogens (tertiary/aromatic N) is 2. The summed E-state index contributed by atoms with van der Waals surface area (Å²) in [5.41, 5.74) is 2.67. The Kier molecular flexibility index (Phi) is 7.33. The quantitative estimate of drug-likeness (QED) is 0.470. The predicted octanol–water partition coefficient (Wildman–Crippen LogP) is 4.73. The number of allylic oxidation sites excluding steroid dienone is 1. The topological polar surface area (TPSA) is 74.6 Å². The second kappa shape index (κ2) is 10.4. The maximum absolute atomic E-state index is 14.5. The zero-order chi connectivity index (χ0) is 25.0. The van der Waals surface area contributed by atoms with Crippen molar-refractivity contribution >= 4 is 28.8 Å². The average Bonchev–Trinajstić information content (AvgIpc) is 3.34. The molecule has 2 aromatic carbocycles. The third-order valence-electron chi connectivity index (χ3n) is 5.63. The Bertz CT molecular complexity index is 1280. The van der Waals surface area contributed by atoms with E-state index in [0.29, 0.717) is 17.0 Å². The molecule has 0 radical (unpaired) electrons. The van der Waals surface area contributed by atoms with Crippen molar-refractivity contribution in [3.8, 4) is 0 Å². The summed E-state index contributed by atoms with van der Waals surface area (Å²) in [5, 5.41) is 11.8. The van der Waals surface area contributed by atoms with Crippen molar-refractivity contribution in [1.82, 2.24) is 10.3 Å². The molecule has 0 spiro atoms. The molecule has 1 atom stereocenters. The zero-order valence-corrected chi connectivity index (χ0v) is 19.1. The second-order valence-corrected chi connectivity index (χ2v) is 8.42. The van der Waals surface area contributed by atoms with E-state index in [1.807, 2.05) is 0 Å². The van der Waals surface area contributed by atoms with E-state index in [9.17, 15) is 23.1 Å². The number of aliphatic imine (C=N–C) groups is 1. The molecular weight excluding hydrogens is 479 g/mol. The van der Waals surface area contributed by atoms with E-state index >= 15 is 0 Å². The van der Waals surface area contributed by atoms with Gasteiger partial charge in [0, 0.05) is 23.9 Å². The number of aromatic nitrogens is 1. The Morgan fingerprint density at radius 2 is 1.89 bits per heavy atom. The van der Waals surface area contributed by atoms with Crippen LogP contribution in [0.2, 0.25) is 5.02 Å². The van der Waals surface area contributed by atoms with Gasteiger partial charge in [0.2, 0.25) is 0 Å². The van der Waals surface area contributed by atoms with Gasteiger partial charge in [-0.1, -0.05) is 35.9 Å². The monoisotopic (exact) mass is 499 g/mol. The molecule has 0 unspecified atom stereocenters. The van der Waals surface area contributed by atoms with Gasteiger partial charge in [-0.05, 0) is 53.6 Å². The highest BCUT2D eigenvalue weighted by molar-refractivity contribution is 6.37. The van der Waals surface area contributed by atoms with E-state index in [2.05, 4.69) is 15.3 Å². The number of carbonyl (C=O) groups is 1. The Labute approximate surface area is 205 Å². The van der Waals surface area contributed by atoms with Crippen LogP contribution in [0.4, 0.5) is 13.2 Å². The van der Waals surface area contributed by atoms with Gasteiger partial charge in [-0.15, -0.1) is 0 Å². The number of benzene rings is 2.